The molecule has 0 aliphatic carbocycles. The van der Waals surface area contributed by atoms with Gasteiger partial charge in [0.15, 0.2) is 0 Å². The van der Waals surface area contributed by atoms with Crippen LogP contribution < -0.4 is 10.6 Å². The van der Waals surface area contributed by atoms with Gasteiger partial charge in [0.1, 0.15) is 6.04 Å². The van der Waals surface area contributed by atoms with E-state index in [0.29, 0.717) is 31.0 Å². The molecule has 3 rings (SSSR count). The highest BCUT2D eigenvalue weighted by Gasteiger charge is 2.30. The van der Waals surface area contributed by atoms with E-state index in [2.05, 4.69) is 22.6 Å². The Morgan fingerprint density at radius 2 is 2.03 bits per heavy atom. The third-order valence-electron chi connectivity index (χ3n) is 5.92. The van der Waals surface area contributed by atoms with Gasteiger partial charge in [0.05, 0.1) is 12.3 Å². The van der Waals surface area contributed by atoms with Crippen LogP contribution in [0.2, 0.25) is 0 Å². The lowest BCUT2D eigenvalue weighted by Crippen LogP contribution is -2.47. The number of carbonyl (C=O) groups is 3. The van der Waals surface area contributed by atoms with Crippen LogP contribution in [0.1, 0.15) is 53.9 Å². The number of hydrogen-bond donors (Lipinski definition) is 3. The van der Waals surface area contributed by atoms with Gasteiger partial charge in [-0.05, 0) is 62.4 Å². The summed E-state index contributed by atoms with van der Waals surface area (Å²) in [7, 11) is 0. The summed E-state index contributed by atoms with van der Waals surface area (Å²) in [4.78, 5) is 38.3. The third-order valence-corrected chi connectivity index (χ3v) is 5.92. The first kappa shape index (κ1) is 21.8. The van der Waals surface area contributed by atoms with E-state index in [-0.39, 0.29) is 24.2 Å². The molecule has 1 aromatic rings. The summed E-state index contributed by atoms with van der Waals surface area (Å²) in [5, 5.41) is 14.9. The van der Waals surface area contributed by atoms with E-state index in [1.807, 2.05) is 18.2 Å². The zero-order valence-corrected chi connectivity index (χ0v) is 17.1. The topological polar surface area (TPSA) is 98.7 Å². The fourth-order valence-corrected chi connectivity index (χ4v) is 4.25. The van der Waals surface area contributed by atoms with Crippen molar-refractivity contribution < 1.29 is 19.5 Å². The van der Waals surface area contributed by atoms with Crippen molar-refractivity contribution in [3.63, 3.8) is 0 Å². The third kappa shape index (κ3) is 5.61. The second kappa shape index (κ2) is 10.3. The highest BCUT2D eigenvalue weighted by atomic mass is 16.4. The molecule has 2 fully saturated rings. The normalized spacial score (nSPS) is 20.8. The number of benzene rings is 1. The zero-order valence-electron chi connectivity index (χ0n) is 17.1. The molecule has 2 aliphatic heterocycles. The molecule has 30 heavy (non-hydrogen) atoms. The van der Waals surface area contributed by atoms with Crippen LogP contribution in [0.5, 0.6) is 0 Å². The molecule has 0 spiro atoms. The number of amides is 2. The molecule has 7 heteroatoms. The maximum absolute atomic E-state index is 13.1. The summed E-state index contributed by atoms with van der Waals surface area (Å²) in [6.45, 7) is 2.90. The molecule has 2 atom stereocenters. The monoisotopic (exact) mass is 411 g/mol. The number of carboxylic acid groups (broad SMARTS) is 1. The van der Waals surface area contributed by atoms with Crippen molar-refractivity contribution in [2.24, 2.45) is 5.92 Å². The Morgan fingerprint density at radius 3 is 2.73 bits per heavy atom. The van der Waals surface area contributed by atoms with Gasteiger partial charge in [-0.25, -0.2) is 0 Å². The molecule has 0 unspecified atom stereocenters. The van der Waals surface area contributed by atoms with E-state index in [9.17, 15) is 14.4 Å². The van der Waals surface area contributed by atoms with Gasteiger partial charge in [0.25, 0.3) is 5.91 Å². The van der Waals surface area contributed by atoms with Crippen molar-refractivity contribution in [3.05, 3.63) is 35.4 Å². The number of nitrogens with one attached hydrogen (secondary N) is 2. The lowest BCUT2D eigenvalue weighted by atomic mass is 9.89. The number of carboxylic acids is 1. The number of carbonyl (C=O) groups excluding carboxylic acids is 2. The predicted octanol–water partition coefficient (Wildman–Crippen LogP) is 1.60. The molecule has 3 N–H and O–H groups in total. The molecule has 0 aromatic heterocycles. The minimum absolute atomic E-state index is 0.0673. The molecule has 2 heterocycles. The second-order valence-electron chi connectivity index (χ2n) is 8.07. The average molecular weight is 412 g/mol. The number of rotatable bonds is 6. The van der Waals surface area contributed by atoms with Gasteiger partial charge >= 0.3 is 5.97 Å². The lowest BCUT2D eigenvalue weighted by Gasteiger charge is -2.32. The first-order chi connectivity index (χ1) is 14.5. The molecule has 2 amide bonds. The summed E-state index contributed by atoms with van der Waals surface area (Å²) in [6, 6.07) is 6.99. The van der Waals surface area contributed by atoms with E-state index < -0.39 is 12.0 Å². The Kier molecular flexibility index (Phi) is 7.47. The molecule has 0 bridgehead atoms. The molecule has 1 aromatic carbocycles. The summed E-state index contributed by atoms with van der Waals surface area (Å²) in [5.41, 5.74) is 1.85. The molecular formula is C23H29N3O4. The van der Waals surface area contributed by atoms with Crippen LogP contribution in [0.4, 0.5) is 0 Å². The number of terminal acetylenes is 1. The van der Waals surface area contributed by atoms with Crippen LogP contribution in [-0.4, -0.2) is 60.0 Å². The number of likely N-dealkylation sites (tertiary alicyclic amines) is 1. The number of nitrogens with zero attached hydrogens (tertiary/aromatic N) is 1. The van der Waals surface area contributed by atoms with Crippen molar-refractivity contribution in [2.45, 2.75) is 44.1 Å². The van der Waals surface area contributed by atoms with Crippen LogP contribution in [0.15, 0.2) is 24.3 Å². The summed E-state index contributed by atoms with van der Waals surface area (Å²) in [5.74, 6) is 0.959. The quantitative estimate of drug-likeness (QED) is 0.618. The van der Waals surface area contributed by atoms with Crippen LogP contribution in [0.3, 0.4) is 0 Å². The average Bonchev–Trinajstić information content (AvgIpc) is 2.78. The van der Waals surface area contributed by atoms with Gasteiger partial charge < -0.3 is 20.6 Å². The lowest BCUT2D eigenvalue weighted by molar-refractivity contribution is -0.137. The minimum atomic E-state index is -1.06. The molecule has 0 saturated carbocycles. The standard InChI is InChI=1S/C23H29N3O4/c1-2-20(14-21(27)28)25-22(29)19-7-4-12-26(15-19)23(30)18-6-3-5-17(13-18)16-8-10-24-11-9-16/h1,3,5-6,13,16,19-20,24H,4,7-12,14-15H2,(H,25,29)(H,27,28)/t19-,20-/m1/s1. The SMILES string of the molecule is C#C[C@H](CC(=O)O)NC(=O)[C@@H]1CCCN(C(=O)c2cccc(C3CCNCC3)c2)C1. The summed E-state index contributed by atoms with van der Waals surface area (Å²) < 4.78 is 0. The van der Waals surface area contributed by atoms with Crippen LogP contribution >= 0.6 is 0 Å². The Balaban J connectivity index is 1.63. The molecule has 0 radical (unpaired) electrons. The van der Waals surface area contributed by atoms with Gasteiger partial charge in [0.2, 0.25) is 5.91 Å². The van der Waals surface area contributed by atoms with Crippen LogP contribution in [0.25, 0.3) is 0 Å². The predicted molar refractivity (Wildman–Crippen MR) is 113 cm³/mol. The molecule has 2 aliphatic rings. The van der Waals surface area contributed by atoms with Gasteiger partial charge in [-0.3, -0.25) is 14.4 Å². The minimum Gasteiger partial charge on any atom is -0.481 e. The van der Waals surface area contributed by atoms with Crippen molar-refractivity contribution in [3.8, 4) is 12.3 Å². The van der Waals surface area contributed by atoms with E-state index >= 15 is 0 Å². The first-order valence-electron chi connectivity index (χ1n) is 10.6. The number of piperidine rings is 2. The molecule has 160 valence electrons. The highest BCUT2D eigenvalue weighted by molar-refractivity contribution is 5.95. The Bertz CT molecular complexity index is 826. The van der Waals surface area contributed by atoms with E-state index in [1.54, 1.807) is 4.90 Å². The van der Waals surface area contributed by atoms with Crippen LogP contribution in [-0.2, 0) is 9.59 Å². The van der Waals surface area contributed by atoms with E-state index in [1.165, 1.54) is 5.56 Å². The van der Waals surface area contributed by atoms with Crippen molar-refractivity contribution in [1.82, 2.24) is 15.5 Å². The Morgan fingerprint density at radius 1 is 1.27 bits per heavy atom. The molecule has 7 nitrogen and oxygen atoms in total. The second-order valence-corrected chi connectivity index (χ2v) is 8.07. The summed E-state index contributed by atoms with van der Waals surface area (Å²) in [6.07, 6.45) is 8.51. The van der Waals surface area contributed by atoms with Gasteiger partial charge in [-0.1, -0.05) is 18.1 Å². The summed E-state index contributed by atoms with van der Waals surface area (Å²) >= 11 is 0. The van der Waals surface area contributed by atoms with E-state index in [0.717, 1.165) is 32.4 Å². The Labute approximate surface area is 177 Å². The van der Waals surface area contributed by atoms with Gasteiger partial charge in [0, 0.05) is 18.7 Å². The highest BCUT2D eigenvalue weighted by Crippen LogP contribution is 2.27. The Hall–Kier alpha value is -2.85. The van der Waals surface area contributed by atoms with Crippen molar-refractivity contribution >= 4 is 17.8 Å². The first-order valence-corrected chi connectivity index (χ1v) is 10.6. The fraction of sp³-hybridized carbons (Fsp3) is 0.522. The maximum Gasteiger partial charge on any atom is 0.306 e. The van der Waals surface area contributed by atoms with Crippen molar-refractivity contribution in [1.29, 1.82) is 0 Å². The smallest absolute Gasteiger partial charge is 0.306 e. The zero-order chi connectivity index (χ0) is 21.5. The van der Waals surface area contributed by atoms with Gasteiger partial charge in [-0.15, -0.1) is 6.42 Å². The molecular weight excluding hydrogens is 382 g/mol. The van der Waals surface area contributed by atoms with E-state index in [4.69, 9.17) is 11.5 Å². The number of hydrogen-bond acceptors (Lipinski definition) is 4. The number of aliphatic carboxylic acids is 1. The van der Waals surface area contributed by atoms with Crippen LogP contribution in [0, 0.1) is 18.3 Å². The largest absolute Gasteiger partial charge is 0.481 e. The molecule has 2 saturated heterocycles. The maximum atomic E-state index is 13.1. The van der Waals surface area contributed by atoms with Gasteiger partial charge in [-0.2, -0.15) is 0 Å². The fourth-order valence-electron chi connectivity index (χ4n) is 4.25. The van der Waals surface area contributed by atoms with Crippen molar-refractivity contribution in [2.75, 3.05) is 26.2 Å².